The molecular formula is C18H30N4OS. The fourth-order valence-electron chi connectivity index (χ4n) is 2.90. The fraction of sp³-hybridized carbons (Fsp3) is 0.611. The van der Waals surface area contributed by atoms with Crippen molar-refractivity contribution in [3.8, 4) is 5.75 Å². The van der Waals surface area contributed by atoms with Gasteiger partial charge in [0.05, 0.1) is 12.8 Å². The van der Waals surface area contributed by atoms with E-state index in [4.69, 9.17) is 4.74 Å². The molecule has 134 valence electrons. The van der Waals surface area contributed by atoms with Gasteiger partial charge in [0, 0.05) is 32.2 Å². The van der Waals surface area contributed by atoms with Crippen LogP contribution in [0.4, 0.5) is 5.69 Å². The Kier molecular flexibility index (Phi) is 8.08. The van der Waals surface area contributed by atoms with Gasteiger partial charge < -0.3 is 20.3 Å². The molecule has 0 amide bonds. The third-order valence-corrected chi connectivity index (χ3v) is 4.77. The van der Waals surface area contributed by atoms with E-state index < -0.39 is 0 Å². The molecule has 0 aromatic heterocycles. The smallest absolute Gasteiger partial charge is 0.191 e. The number of para-hydroxylation sites is 2. The molecule has 24 heavy (non-hydrogen) atoms. The maximum absolute atomic E-state index is 5.49. The van der Waals surface area contributed by atoms with E-state index in [1.165, 1.54) is 5.69 Å². The van der Waals surface area contributed by atoms with Crippen LogP contribution < -0.4 is 20.3 Å². The SMILES string of the molecule is CCNC(=NCCCSC)NC1CCN(c2ccccc2OC)C1. The predicted molar refractivity (Wildman–Crippen MR) is 106 cm³/mol. The molecule has 1 saturated heterocycles. The standard InChI is InChI=1S/C18H30N4OS/c1-4-19-18(20-11-7-13-24-3)21-15-10-12-22(14-15)16-8-5-6-9-17(16)23-2/h5-6,8-9,15H,4,7,10-14H2,1-3H3,(H2,19,20,21). The minimum absolute atomic E-state index is 0.410. The summed E-state index contributed by atoms with van der Waals surface area (Å²) < 4.78 is 5.49. The van der Waals surface area contributed by atoms with Crippen LogP contribution in [-0.2, 0) is 0 Å². The molecule has 1 aliphatic heterocycles. The van der Waals surface area contributed by atoms with Crippen LogP contribution in [0.15, 0.2) is 29.3 Å². The van der Waals surface area contributed by atoms with Gasteiger partial charge in [-0.3, -0.25) is 4.99 Å². The van der Waals surface area contributed by atoms with E-state index in [1.54, 1.807) is 7.11 Å². The Morgan fingerprint density at radius 1 is 1.42 bits per heavy atom. The second-order valence-corrected chi connectivity index (χ2v) is 6.84. The average Bonchev–Trinajstić information content (AvgIpc) is 3.07. The van der Waals surface area contributed by atoms with Gasteiger partial charge in [0.2, 0.25) is 0 Å². The lowest BCUT2D eigenvalue weighted by Gasteiger charge is -2.22. The first-order chi connectivity index (χ1) is 11.8. The van der Waals surface area contributed by atoms with E-state index in [0.717, 1.165) is 56.5 Å². The van der Waals surface area contributed by atoms with Gasteiger partial charge in [-0.25, -0.2) is 0 Å². The predicted octanol–water partition coefficient (Wildman–Crippen LogP) is 2.58. The molecule has 1 fully saturated rings. The molecule has 6 heteroatoms. The molecule has 0 spiro atoms. The second kappa shape index (κ2) is 10.3. The molecule has 0 saturated carbocycles. The van der Waals surface area contributed by atoms with Crippen LogP contribution >= 0.6 is 11.8 Å². The van der Waals surface area contributed by atoms with Crippen LogP contribution in [0.2, 0.25) is 0 Å². The van der Waals surface area contributed by atoms with Crippen LogP contribution in [0.5, 0.6) is 5.75 Å². The molecule has 0 bridgehead atoms. The largest absolute Gasteiger partial charge is 0.495 e. The summed E-state index contributed by atoms with van der Waals surface area (Å²) in [5, 5.41) is 6.93. The van der Waals surface area contributed by atoms with E-state index in [0.29, 0.717) is 6.04 Å². The summed E-state index contributed by atoms with van der Waals surface area (Å²) in [6.07, 6.45) is 4.36. The van der Waals surface area contributed by atoms with Crippen LogP contribution in [0.1, 0.15) is 19.8 Å². The molecule has 1 aliphatic rings. The molecule has 1 aromatic rings. The van der Waals surface area contributed by atoms with Crippen molar-refractivity contribution < 1.29 is 4.74 Å². The van der Waals surface area contributed by atoms with Crippen molar-refractivity contribution in [2.24, 2.45) is 4.99 Å². The van der Waals surface area contributed by atoms with Gasteiger partial charge in [0.25, 0.3) is 0 Å². The molecule has 1 atom stereocenters. The topological polar surface area (TPSA) is 48.9 Å². The van der Waals surface area contributed by atoms with E-state index in [2.05, 4.69) is 45.8 Å². The van der Waals surface area contributed by atoms with E-state index in [9.17, 15) is 0 Å². The summed E-state index contributed by atoms with van der Waals surface area (Å²) in [6.45, 7) is 5.87. The lowest BCUT2D eigenvalue weighted by molar-refractivity contribution is 0.415. The van der Waals surface area contributed by atoms with Gasteiger partial charge in [0.15, 0.2) is 5.96 Å². The highest BCUT2D eigenvalue weighted by Gasteiger charge is 2.25. The lowest BCUT2D eigenvalue weighted by Crippen LogP contribution is -2.44. The number of rotatable bonds is 8. The number of aliphatic imine (C=N–C) groups is 1. The molecule has 0 aliphatic carbocycles. The second-order valence-electron chi connectivity index (χ2n) is 5.85. The van der Waals surface area contributed by atoms with Crippen LogP contribution in [0.25, 0.3) is 0 Å². The minimum Gasteiger partial charge on any atom is -0.495 e. The summed E-state index contributed by atoms with van der Waals surface area (Å²) >= 11 is 1.87. The van der Waals surface area contributed by atoms with Crippen molar-refractivity contribution >= 4 is 23.4 Å². The zero-order valence-corrected chi connectivity index (χ0v) is 15.9. The van der Waals surface area contributed by atoms with Crippen LogP contribution in [0, 0.1) is 0 Å². The van der Waals surface area contributed by atoms with Crippen molar-refractivity contribution in [2.45, 2.75) is 25.8 Å². The van der Waals surface area contributed by atoms with Gasteiger partial charge in [-0.1, -0.05) is 12.1 Å². The Morgan fingerprint density at radius 2 is 2.25 bits per heavy atom. The summed E-state index contributed by atoms with van der Waals surface area (Å²) in [6, 6.07) is 8.64. The Hall–Kier alpha value is -1.56. The number of guanidine groups is 1. The number of nitrogens with one attached hydrogen (secondary N) is 2. The molecule has 2 N–H and O–H groups in total. The summed E-state index contributed by atoms with van der Waals surface area (Å²) in [4.78, 5) is 7.07. The molecule has 2 rings (SSSR count). The maximum atomic E-state index is 5.49. The third kappa shape index (κ3) is 5.51. The first kappa shape index (κ1) is 18.8. The van der Waals surface area contributed by atoms with Crippen LogP contribution in [0.3, 0.4) is 0 Å². The van der Waals surface area contributed by atoms with Crippen molar-refractivity contribution in [3.63, 3.8) is 0 Å². The first-order valence-corrected chi connectivity index (χ1v) is 10.1. The number of nitrogens with zero attached hydrogens (tertiary/aromatic N) is 2. The number of methoxy groups -OCH3 is 1. The molecule has 1 unspecified atom stereocenters. The Morgan fingerprint density at radius 3 is 3.00 bits per heavy atom. The minimum atomic E-state index is 0.410. The van der Waals surface area contributed by atoms with Crippen molar-refractivity contribution in [1.82, 2.24) is 10.6 Å². The highest BCUT2D eigenvalue weighted by molar-refractivity contribution is 7.98. The number of thioether (sulfide) groups is 1. The fourth-order valence-corrected chi connectivity index (χ4v) is 3.32. The monoisotopic (exact) mass is 350 g/mol. The molecule has 5 nitrogen and oxygen atoms in total. The molecule has 0 radical (unpaired) electrons. The number of benzene rings is 1. The maximum Gasteiger partial charge on any atom is 0.191 e. The van der Waals surface area contributed by atoms with Gasteiger partial charge in [-0.05, 0) is 43.9 Å². The Balaban J connectivity index is 1.91. The zero-order chi connectivity index (χ0) is 17.2. The highest BCUT2D eigenvalue weighted by Crippen LogP contribution is 2.30. The van der Waals surface area contributed by atoms with Crippen LogP contribution in [-0.4, -0.2) is 57.3 Å². The summed E-state index contributed by atoms with van der Waals surface area (Å²) in [5.41, 5.74) is 1.17. The van der Waals surface area contributed by atoms with E-state index in [1.807, 2.05) is 23.9 Å². The molecular weight excluding hydrogens is 320 g/mol. The zero-order valence-electron chi connectivity index (χ0n) is 15.0. The van der Waals surface area contributed by atoms with Gasteiger partial charge in [0.1, 0.15) is 5.75 Å². The summed E-state index contributed by atoms with van der Waals surface area (Å²) in [7, 11) is 1.73. The van der Waals surface area contributed by atoms with Crippen molar-refractivity contribution in [3.05, 3.63) is 24.3 Å². The number of ether oxygens (including phenoxy) is 1. The van der Waals surface area contributed by atoms with E-state index in [-0.39, 0.29) is 0 Å². The normalized spacial score (nSPS) is 17.9. The van der Waals surface area contributed by atoms with Crippen molar-refractivity contribution in [1.29, 1.82) is 0 Å². The molecule has 1 heterocycles. The third-order valence-electron chi connectivity index (χ3n) is 4.08. The highest BCUT2D eigenvalue weighted by atomic mass is 32.2. The van der Waals surface area contributed by atoms with Gasteiger partial charge >= 0.3 is 0 Å². The van der Waals surface area contributed by atoms with Gasteiger partial charge in [-0.2, -0.15) is 11.8 Å². The van der Waals surface area contributed by atoms with Gasteiger partial charge in [-0.15, -0.1) is 0 Å². The Labute approximate surface area is 150 Å². The Bertz CT molecular complexity index is 523. The summed E-state index contributed by atoms with van der Waals surface area (Å²) in [5.74, 6) is 3.04. The average molecular weight is 351 g/mol. The number of hydrogen-bond donors (Lipinski definition) is 2. The molecule has 1 aromatic carbocycles. The number of anilines is 1. The lowest BCUT2D eigenvalue weighted by atomic mass is 10.2. The quantitative estimate of drug-likeness (QED) is 0.429. The van der Waals surface area contributed by atoms with Crippen molar-refractivity contribution in [2.75, 3.05) is 50.2 Å². The number of hydrogen-bond acceptors (Lipinski definition) is 4. The first-order valence-electron chi connectivity index (χ1n) is 8.70. The van der Waals surface area contributed by atoms with E-state index >= 15 is 0 Å².